The molecule has 29 heavy (non-hydrogen) atoms. The van der Waals surface area contributed by atoms with Crippen LogP contribution in [0.5, 0.6) is 0 Å². The summed E-state index contributed by atoms with van der Waals surface area (Å²) in [6, 6.07) is 13.7. The van der Waals surface area contributed by atoms with Gasteiger partial charge < -0.3 is 20.7 Å². The van der Waals surface area contributed by atoms with Crippen molar-refractivity contribution in [3.8, 4) is 0 Å². The lowest BCUT2D eigenvalue weighted by molar-refractivity contribution is -0.116. The molecular weight excluding hydrogens is 370 g/mol. The minimum Gasteiger partial charge on any atom is -0.465 e. The average Bonchev–Trinajstić information content (AvgIpc) is 2.72. The Hall–Kier alpha value is -3.35. The van der Waals surface area contributed by atoms with E-state index >= 15 is 0 Å². The zero-order chi connectivity index (χ0) is 21.1. The maximum atomic E-state index is 12.2. The van der Waals surface area contributed by atoms with Crippen molar-refractivity contribution >= 4 is 34.8 Å². The normalized spacial score (nSPS) is 10.1. The van der Waals surface area contributed by atoms with Gasteiger partial charge in [0.25, 0.3) is 0 Å². The van der Waals surface area contributed by atoms with Gasteiger partial charge in [-0.2, -0.15) is 0 Å². The lowest BCUT2D eigenvalue weighted by atomic mass is 10.2. The summed E-state index contributed by atoms with van der Waals surface area (Å²) in [7, 11) is 1.33. The minimum absolute atomic E-state index is 0.0287. The molecule has 2 rings (SSSR count). The molecule has 0 unspecified atom stereocenters. The van der Waals surface area contributed by atoms with Crippen LogP contribution in [0.25, 0.3) is 0 Å². The van der Waals surface area contributed by atoms with Crippen molar-refractivity contribution in [2.24, 2.45) is 0 Å². The predicted molar refractivity (Wildman–Crippen MR) is 114 cm³/mol. The van der Waals surface area contributed by atoms with Crippen LogP contribution >= 0.6 is 0 Å². The molecule has 0 spiro atoms. The highest BCUT2D eigenvalue weighted by Crippen LogP contribution is 2.16. The smallest absolute Gasteiger partial charge is 0.337 e. The first-order valence-corrected chi connectivity index (χ1v) is 9.64. The number of esters is 1. The highest BCUT2D eigenvalue weighted by atomic mass is 16.5. The summed E-state index contributed by atoms with van der Waals surface area (Å²) in [5.74, 6) is -0.668. The fourth-order valence-corrected chi connectivity index (χ4v) is 2.66. The molecule has 7 nitrogen and oxygen atoms in total. The molecule has 2 amide bonds. The van der Waals surface area contributed by atoms with Crippen LogP contribution in [0.15, 0.2) is 48.5 Å². The Kier molecular flexibility index (Phi) is 8.69. The molecule has 0 aliphatic carbocycles. The van der Waals surface area contributed by atoms with Gasteiger partial charge in [-0.1, -0.05) is 25.8 Å². The van der Waals surface area contributed by atoms with Crippen molar-refractivity contribution in [1.29, 1.82) is 0 Å². The van der Waals surface area contributed by atoms with Crippen LogP contribution in [-0.2, 0) is 14.3 Å². The second-order valence-electron chi connectivity index (χ2n) is 6.56. The Balaban J connectivity index is 1.82. The van der Waals surface area contributed by atoms with E-state index in [-0.39, 0.29) is 18.4 Å². The van der Waals surface area contributed by atoms with E-state index in [0.717, 1.165) is 19.3 Å². The van der Waals surface area contributed by atoms with E-state index in [2.05, 4.69) is 27.6 Å². The van der Waals surface area contributed by atoms with E-state index in [4.69, 9.17) is 0 Å². The number of nitrogens with one attached hydrogen (secondary N) is 3. The van der Waals surface area contributed by atoms with Gasteiger partial charge in [0.1, 0.15) is 0 Å². The average molecular weight is 397 g/mol. The van der Waals surface area contributed by atoms with Gasteiger partial charge in [0.15, 0.2) is 0 Å². The number of carbonyl (C=O) groups is 3. The maximum absolute atomic E-state index is 12.2. The van der Waals surface area contributed by atoms with Crippen LogP contribution in [0.2, 0.25) is 0 Å². The lowest BCUT2D eigenvalue weighted by Gasteiger charge is -2.10. The van der Waals surface area contributed by atoms with Gasteiger partial charge in [0.05, 0.1) is 19.2 Å². The van der Waals surface area contributed by atoms with E-state index in [1.807, 2.05) is 0 Å². The van der Waals surface area contributed by atoms with Crippen molar-refractivity contribution in [3.63, 3.8) is 0 Å². The first-order chi connectivity index (χ1) is 14.0. The molecule has 0 atom stereocenters. The zero-order valence-corrected chi connectivity index (χ0v) is 16.8. The quantitative estimate of drug-likeness (QED) is 0.415. The fourth-order valence-electron chi connectivity index (χ4n) is 2.66. The summed E-state index contributed by atoms with van der Waals surface area (Å²) in [6.07, 6.45) is 3.45. The SMILES string of the molecule is CCCCCC(=O)Nc1cccc(NC(=O)CNc2ccc(C(=O)OC)cc2)c1. The van der Waals surface area contributed by atoms with Crippen LogP contribution in [0.4, 0.5) is 17.1 Å². The molecule has 2 aromatic carbocycles. The fraction of sp³-hybridized carbons (Fsp3) is 0.318. The standard InChI is InChI=1S/C22H27N3O4/c1-3-4-5-9-20(26)24-18-7-6-8-19(14-18)25-21(27)15-23-17-12-10-16(11-13-17)22(28)29-2/h6-8,10-14,23H,3-5,9,15H2,1-2H3,(H,24,26)(H,25,27). The van der Waals surface area contributed by atoms with E-state index in [1.165, 1.54) is 7.11 Å². The number of unbranched alkanes of at least 4 members (excludes halogenated alkanes) is 2. The van der Waals surface area contributed by atoms with Gasteiger partial charge in [0.2, 0.25) is 11.8 Å². The second kappa shape index (κ2) is 11.5. The number of rotatable bonds is 10. The summed E-state index contributed by atoms with van der Waals surface area (Å²) in [6.45, 7) is 2.15. The van der Waals surface area contributed by atoms with E-state index in [1.54, 1.807) is 48.5 Å². The molecule has 0 fully saturated rings. The largest absolute Gasteiger partial charge is 0.465 e. The Morgan fingerprint density at radius 1 is 0.862 bits per heavy atom. The number of benzene rings is 2. The lowest BCUT2D eigenvalue weighted by Crippen LogP contribution is -2.22. The van der Waals surface area contributed by atoms with Gasteiger partial charge in [-0.05, 0) is 48.9 Å². The first-order valence-electron chi connectivity index (χ1n) is 9.64. The highest BCUT2D eigenvalue weighted by Gasteiger charge is 2.07. The Bertz CT molecular complexity index is 834. The van der Waals surface area contributed by atoms with Gasteiger partial charge in [-0.25, -0.2) is 4.79 Å². The molecule has 0 radical (unpaired) electrons. The third-order valence-electron chi connectivity index (χ3n) is 4.20. The molecule has 0 aromatic heterocycles. The van der Waals surface area contributed by atoms with Crippen molar-refractivity contribution in [3.05, 3.63) is 54.1 Å². The number of methoxy groups -OCH3 is 1. The number of ether oxygens (including phenoxy) is 1. The Morgan fingerprint density at radius 2 is 1.52 bits per heavy atom. The highest BCUT2D eigenvalue weighted by molar-refractivity contribution is 5.96. The molecule has 7 heteroatoms. The summed E-state index contributed by atoms with van der Waals surface area (Å²) >= 11 is 0. The predicted octanol–water partition coefficient (Wildman–Crippen LogP) is 4.04. The summed E-state index contributed by atoms with van der Waals surface area (Å²) in [5, 5.41) is 8.63. The van der Waals surface area contributed by atoms with Crippen molar-refractivity contribution in [2.45, 2.75) is 32.6 Å². The molecule has 0 saturated heterocycles. The van der Waals surface area contributed by atoms with E-state index < -0.39 is 5.97 Å². The third kappa shape index (κ3) is 7.65. The van der Waals surface area contributed by atoms with Crippen molar-refractivity contribution in [2.75, 3.05) is 29.6 Å². The number of anilines is 3. The molecule has 0 bridgehead atoms. The number of amides is 2. The van der Waals surface area contributed by atoms with Crippen LogP contribution < -0.4 is 16.0 Å². The molecule has 2 aromatic rings. The van der Waals surface area contributed by atoms with Crippen LogP contribution in [0, 0.1) is 0 Å². The van der Waals surface area contributed by atoms with Crippen LogP contribution in [0.1, 0.15) is 43.0 Å². The minimum atomic E-state index is -0.411. The molecule has 0 heterocycles. The van der Waals surface area contributed by atoms with E-state index in [9.17, 15) is 14.4 Å². The van der Waals surface area contributed by atoms with Gasteiger partial charge in [-0.15, -0.1) is 0 Å². The molecule has 154 valence electrons. The second-order valence-corrected chi connectivity index (χ2v) is 6.56. The molecular formula is C22H27N3O4. The maximum Gasteiger partial charge on any atom is 0.337 e. The van der Waals surface area contributed by atoms with Crippen LogP contribution in [0.3, 0.4) is 0 Å². The summed E-state index contributed by atoms with van der Waals surface area (Å²) in [5.41, 5.74) is 2.40. The van der Waals surface area contributed by atoms with Gasteiger partial charge in [-0.3, -0.25) is 9.59 Å². The number of carbonyl (C=O) groups excluding carboxylic acids is 3. The third-order valence-corrected chi connectivity index (χ3v) is 4.20. The Morgan fingerprint density at radius 3 is 2.14 bits per heavy atom. The van der Waals surface area contributed by atoms with Gasteiger partial charge >= 0.3 is 5.97 Å². The van der Waals surface area contributed by atoms with Crippen LogP contribution in [-0.4, -0.2) is 31.4 Å². The van der Waals surface area contributed by atoms with Crippen molar-refractivity contribution < 1.29 is 19.1 Å². The Labute approximate surface area is 170 Å². The zero-order valence-electron chi connectivity index (χ0n) is 16.8. The summed E-state index contributed by atoms with van der Waals surface area (Å²) in [4.78, 5) is 35.5. The molecule has 3 N–H and O–H groups in total. The number of hydrogen-bond donors (Lipinski definition) is 3. The first kappa shape index (κ1) is 21.9. The van der Waals surface area contributed by atoms with E-state index in [0.29, 0.717) is 29.0 Å². The molecule has 0 aliphatic rings. The summed E-state index contributed by atoms with van der Waals surface area (Å²) < 4.78 is 4.65. The topological polar surface area (TPSA) is 96.5 Å². The monoisotopic (exact) mass is 397 g/mol. The van der Waals surface area contributed by atoms with Gasteiger partial charge in [0, 0.05) is 23.5 Å². The van der Waals surface area contributed by atoms with Crippen molar-refractivity contribution in [1.82, 2.24) is 0 Å². The molecule has 0 aliphatic heterocycles. The molecule has 0 saturated carbocycles. The number of hydrogen-bond acceptors (Lipinski definition) is 5.